The minimum absolute atomic E-state index is 0.554. The molecular formula is C13H10BrN3OS. The molecule has 19 heavy (non-hydrogen) atoms. The summed E-state index contributed by atoms with van der Waals surface area (Å²) in [7, 11) is 0. The van der Waals surface area contributed by atoms with Crippen LogP contribution in [0.2, 0.25) is 0 Å². The Labute approximate surface area is 122 Å². The van der Waals surface area contributed by atoms with Crippen LogP contribution in [0, 0.1) is 13.8 Å². The SMILES string of the molecule is Cc1cc(Oc2ncnc3snc(C)c23)ccc1Br. The molecule has 0 atom stereocenters. The summed E-state index contributed by atoms with van der Waals surface area (Å²) in [6, 6.07) is 5.83. The number of nitrogens with zero attached hydrogens (tertiary/aromatic N) is 3. The highest BCUT2D eigenvalue weighted by Crippen LogP contribution is 2.32. The smallest absolute Gasteiger partial charge is 0.232 e. The Hall–Kier alpha value is -1.53. The second-order valence-electron chi connectivity index (χ2n) is 4.14. The van der Waals surface area contributed by atoms with E-state index in [1.54, 1.807) is 0 Å². The van der Waals surface area contributed by atoms with Gasteiger partial charge in [-0.25, -0.2) is 9.97 Å². The molecule has 0 spiro atoms. The predicted octanol–water partition coefficient (Wildman–Crippen LogP) is 4.26. The van der Waals surface area contributed by atoms with Crippen LogP contribution in [0.5, 0.6) is 11.6 Å². The van der Waals surface area contributed by atoms with Crippen LogP contribution in [0.4, 0.5) is 0 Å². The third-order valence-corrected chi connectivity index (χ3v) is 4.49. The van der Waals surface area contributed by atoms with E-state index in [2.05, 4.69) is 30.3 Å². The summed E-state index contributed by atoms with van der Waals surface area (Å²) in [6.45, 7) is 3.95. The minimum Gasteiger partial charge on any atom is -0.438 e. The average Bonchev–Trinajstić information content (AvgIpc) is 2.77. The molecule has 3 rings (SSSR count). The number of hydrogen-bond donors (Lipinski definition) is 0. The number of aromatic nitrogens is 3. The minimum atomic E-state index is 0.554. The fourth-order valence-corrected chi connectivity index (χ4v) is 2.74. The van der Waals surface area contributed by atoms with Crippen molar-refractivity contribution in [1.82, 2.24) is 14.3 Å². The van der Waals surface area contributed by atoms with Gasteiger partial charge >= 0.3 is 0 Å². The summed E-state index contributed by atoms with van der Waals surface area (Å²) in [5.41, 5.74) is 2.01. The summed E-state index contributed by atoms with van der Waals surface area (Å²) in [4.78, 5) is 9.25. The van der Waals surface area contributed by atoms with Crippen LogP contribution < -0.4 is 4.74 Å². The first-order chi connectivity index (χ1) is 9.15. The topological polar surface area (TPSA) is 47.9 Å². The van der Waals surface area contributed by atoms with E-state index in [1.165, 1.54) is 17.9 Å². The second kappa shape index (κ2) is 4.86. The van der Waals surface area contributed by atoms with Gasteiger partial charge in [0.25, 0.3) is 0 Å². The summed E-state index contributed by atoms with van der Waals surface area (Å²) in [5, 5.41) is 0.882. The number of benzene rings is 1. The monoisotopic (exact) mass is 335 g/mol. The average molecular weight is 336 g/mol. The van der Waals surface area contributed by atoms with Crippen LogP contribution >= 0.6 is 27.5 Å². The Morgan fingerprint density at radius 1 is 1.21 bits per heavy atom. The summed E-state index contributed by atoms with van der Waals surface area (Å²) >= 11 is 4.83. The first kappa shape index (κ1) is 12.5. The lowest BCUT2D eigenvalue weighted by molar-refractivity contribution is 0.467. The molecule has 0 saturated heterocycles. The Balaban J connectivity index is 2.05. The molecule has 0 aliphatic carbocycles. The van der Waals surface area contributed by atoms with Crippen molar-refractivity contribution in [2.45, 2.75) is 13.8 Å². The van der Waals surface area contributed by atoms with Gasteiger partial charge in [-0.2, -0.15) is 4.37 Å². The van der Waals surface area contributed by atoms with Gasteiger partial charge in [0, 0.05) is 4.47 Å². The summed E-state index contributed by atoms with van der Waals surface area (Å²) < 4.78 is 11.2. The van der Waals surface area contributed by atoms with E-state index < -0.39 is 0 Å². The quantitative estimate of drug-likeness (QED) is 0.702. The zero-order valence-corrected chi connectivity index (χ0v) is 12.7. The molecule has 3 aromatic rings. The van der Waals surface area contributed by atoms with Gasteiger partial charge in [0.15, 0.2) is 4.83 Å². The number of ether oxygens (including phenoxy) is 1. The molecule has 6 heteroatoms. The Morgan fingerprint density at radius 2 is 2.05 bits per heavy atom. The van der Waals surface area contributed by atoms with Gasteiger partial charge in [-0.05, 0) is 49.1 Å². The van der Waals surface area contributed by atoms with Crippen molar-refractivity contribution < 1.29 is 4.74 Å². The van der Waals surface area contributed by atoms with Crippen LogP contribution in [0.1, 0.15) is 11.3 Å². The lowest BCUT2D eigenvalue weighted by atomic mass is 10.2. The zero-order chi connectivity index (χ0) is 13.4. The lowest BCUT2D eigenvalue weighted by Gasteiger charge is -2.07. The van der Waals surface area contributed by atoms with E-state index in [1.807, 2.05) is 32.0 Å². The van der Waals surface area contributed by atoms with Crippen molar-refractivity contribution >= 4 is 37.7 Å². The largest absolute Gasteiger partial charge is 0.438 e. The van der Waals surface area contributed by atoms with E-state index in [0.717, 1.165) is 31.7 Å². The number of aryl methyl sites for hydroxylation is 2. The van der Waals surface area contributed by atoms with E-state index in [4.69, 9.17) is 4.74 Å². The molecular weight excluding hydrogens is 326 g/mol. The van der Waals surface area contributed by atoms with Crippen molar-refractivity contribution in [3.05, 3.63) is 40.3 Å². The molecule has 0 N–H and O–H groups in total. The number of halogens is 1. The highest BCUT2D eigenvalue weighted by Gasteiger charge is 2.12. The van der Waals surface area contributed by atoms with Gasteiger partial charge in [0.2, 0.25) is 5.88 Å². The molecule has 1 aromatic carbocycles. The van der Waals surface area contributed by atoms with E-state index >= 15 is 0 Å². The zero-order valence-electron chi connectivity index (χ0n) is 10.3. The maximum Gasteiger partial charge on any atom is 0.232 e. The third-order valence-electron chi connectivity index (χ3n) is 2.75. The first-order valence-electron chi connectivity index (χ1n) is 5.66. The molecule has 2 aromatic heterocycles. The molecule has 0 amide bonds. The van der Waals surface area contributed by atoms with E-state index in [0.29, 0.717) is 5.88 Å². The van der Waals surface area contributed by atoms with Crippen LogP contribution in [0.15, 0.2) is 29.0 Å². The highest BCUT2D eigenvalue weighted by molar-refractivity contribution is 9.10. The van der Waals surface area contributed by atoms with Gasteiger partial charge in [-0.15, -0.1) is 0 Å². The second-order valence-corrected chi connectivity index (χ2v) is 5.75. The molecule has 2 heterocycles. The fourth-order valence-electron chi connectivity index (χ4n) is 1.76. The van der Waals surface area contributed by atoms with Crippen LogP contribution in [0.25, 0.3) is 10.2 Å². The van der Waals surface area contributed by atoms with Crippen molar-refractivity contribution in [3.8, 4) is 11.6 Å². The maximum absolute atomic E-state index is 5.86. The summed E-state index contributed by atoms with van der Waals surface area (Å²) in [6.07, 6.45) is 1.50. The first-order valence-corrected chi connectivity index (χ1v) is 7.23. The van der Waals surface area contributed by atoms with Crippen LogP contribution in [-0.2, 0) is 0 Å². The van der Waals surface area contributed by atoms with Gasteiger partial charge in [-0.3, -0.25) is 0 Å². The standard InChI is InChI=1S/C13H10BrN3OS/c1-7-5-9(3-4-10(7)14)18-12-11-8(2)17-19-13(11)16-6-15-12/h3-6H,1-2H3. The molecule has 0 aliphatic rings. The molecule has 0 fully saturated rings. The fraction of sp³-hybridized carbons (Fsp3) is 0.154. The van der Waals surface area contributed by atoms with E-state index in [-0.39, 0.29) is 0 Å². The van der Waals surface area contributed by atoms with Gasteiger partial charge in [0.1, 0.15) is 12.1 Å². The van der Waals surface area contributed by atoms with Crippen LogP contribution in [-0.4, -0.2) is 14.3 Å². The lowest BCUT2D eigenvalue weighted by Crippen LogP contribution is -1.91. The molecule has 96 valence electrons. The van der Waals surface area contributed by atoms with E-state index in [9.17, 15) is 0 Å². The molecule has 0 radical (unpaired) electrons. The van der Waals surface area contributed by atoms with Crippen molar-refractivity contribution in [2.24, 2.45) is 0 Å². The molecule has 0 unspecified atom stereocenters. The molecule has 0 aliphatic heterocycles. The van der Waals surface area contributed by atoms with Gasteiger partial charge in [0.05, 0.1) is 11.1 Å². The Kier molecular flexibility index (Phi) is 3.20. The third kappa shape index (κ3) is 2.33. The summed E-state index contributed by atoms with van der Waals surface area (Å²) in [5.74, 6) is 1.31. The van der Waals surface area contributed by atoms with Crippen molar-refractivity contribution in [2.75, 3.05) is 0 Å². The normalized spacial score (nSPS) is 10.9. The van der Waals surface area contributed by atoms with Crippen molar-refractivity contribution in [3.63, 3.8) is 0 Å². The highest BCUT2D eigenvalue weighted by atomic mass is 79.9. The number of rotatable bonds is 2. The number of hydrogen-bond acceptors (Lipinski definition) is 5. The van der Waals surface area contributed by atoms with Gasteiger partial charge < -0.3 is 4.74 Å². The Bertz CT molecular complexity index is 757. The molecule has 4 nitrogen and oxygen atoms in total. The Morgan fingerprint density at radius 3 is 2.84 bits per heavy atom. The predicted molar refractivity (Wildman–Crippen MR) is 78.9 cm³/mol. The maximum atomic E-state index is 5.86. The van der Waals surface area contributed by atoms with Crippen LogP contribution in [0.3, 0.4) is 0 Å². The van der Waals surface area contributed by atoms with Crippen molar-refractivity contribution in [1.29, 1.82) is 0 Å². The molecule has 0 saturated carbocycles. The number of fused-ring (bicyclic) bond motifs is 1. The molecule has 0 bridgehead atoms. The van der Waals surface area contributed by atoms with Gasteiger partial charge in [-0.1, -0.05) is 15.9 Å².